The summed E-state index contributed by atoms with van der Waals surface area (Å²) in [6, 6.07) is 6.51. The molecule has 10 heteroatoms. The molecule has 23 heavy (non-hydrogen) atoms. The summed E-state index contributed by atoms with van der Waals surface area (Å²) in [6.45, 7) is 0. The molecule has 0 aliphatic heterocycles. The van der Waals surface area contributed by atoms with Crippen LogP contribution in [0.1, 0.15) is 10.4 Å². The van der Waals surface area contributed by atoms with Crippen LogP contribution in [0.5, 0.6) is 5.75 Å². The summed E-state index contributed by atoms with van der Waals surface area (Å²) in [5.74, 6) is -0.374. The van der Waals surface area contributed by atoms with Gasteiger partial charge in [0.25, 0.3) is 0 Å². The first-order chi connectivity index (χ1) is 10.6. The van der Waals surface area contributed by atoms with Crippen molar-refractivity contribution in [1.82, 2.24) is 0 Å². The van der Waals surface area contributed by atoms with E-state index < -0.39 is 16.1 Å². The van der Waals surface area contributed by atoms with Crippen LogP contribution in [0.25, 0.3) is 0 Å². The number of esters is 1. The Labute approximate surface area is 187 Å². The number of ether oxygens (including phenoxy) is 1. The van der Waals surface area contributed by atoms with E-state index in [9.17, 15) is 17.8 Å². The van der Waals surface area contributed by atoms with E-state index in [0.717, 1.165) is 26.4 Å². The van der Waals surface area contributed by atoms with Crippen LogP contribution in [-0.2, 0) is 10.1 Å². The van der Waals surface area contributed by atoms with Gasteiger partial charge < -0.3 is 9.29 Å². The summed E-state index contributed by atoms with van der Waals surface area (Å²) in [5.41, 5.74) is 0.431. The Morgan fingerprint density at radius 1 is 0.957 bits per heavy atom. The molecule has 2 aromatic carbocycles. The number of benzene rings is 2. The second kappa shape index (κ2) is 7.96. The number of carbonyl (C=O) groups is 1. The van der Waals surface area contributed by atoms with Gasteiger partial charge in [-0.15, -0.1) is 0 Å². The van der Waals surface area contributed by atoms with Gasteiger partial charge in [-0.25, -0.2) is 13.2 Å². The Balaban J connectivity index is 2.30. The van der Waals surface area contributed by atoms with Crippen LogP contribution in [-0.4, -0.2) is 18.9 Å². The summed E-state index contributed by atoms with van der Waals surface area (Å²) < 4.78 is 41.6. The fourth-order valence-corrected chi connectivity index (χ4v) is 5.29. The van der Waals surface area contributed by atoms with Crippen LogP contribution >= 0.6 is 90.4 Å². The second-order valence-electron chi connectivity index (χ2n) is 4.16. The normalized spacial score (nSPS) is 11.3. The molecule has 122 valence electrons. The molecule has 0 saturated carbocycles. The van der Waals surface area contributed by atoms with Crippen LogP contribution in [0.15, 0.2) is 35.2 Å². The smallest absolute Gasteiger partial charge is 0.344 e. The second-order valence-corrected chi connectivity index (χ2v) is 9.94. The molecule has 0 unspecified atom stereocenters. The third-order valence-electron chi connectivity index (χ3n) is 2.65. The first-order valence-electron chi connectivity index (χ1n) is 5.72. The highest BCUT2D eigenvalue weighted by molar-refractivity contribution is 14.1. The van der Waals surface area contributed by atoms with Crippen LogP contribution in [0.4, 0.5) is 0 Å². The molecule has 0 bridgehead atoms. The average Bonchev–Trinajstić information content (AvgIpc) is 2.48. The van der Waals surface area contributed by atoms with Gasteiger partial charge in [0, 0.05) is 14.3 Å². The lowest BCUT2D eigenvalue weighted by Crippen LogP contribution is -2.12. The molecule has 0 saturated heterocycles. The van der Waals surface area contributed by atoms with Crippen LogP contribution in [0.3, 0.4) is 0 Å². The van der Waals surface area contributed by atoms with Crippen molar-refractivity contribution in [2.24, 2.45) is 0 Å². The van der Waals surface area contributed by atoms with E-state index in [-0.39, 0.29) is 10.6 Å². The van der Waals surface area contributed by atoms with E-state index in [1.165, 1.54) is 12.1 Å². The highest BCUT2D eigenvalue weighted by Crippen LogP contribution is 2.29. The number of carbonyl (C=O) groups excluding carboxylic acids is 1. The molecule has 0 fully saturated rings. The van der Waals surface area contributed by atoms with E-state index in [0.29, 0.717) is 5.56 Å². The predicted octanol–water partition coefficient (Wildman–Crippen LogP) is 4.23. The van der Waals surface area contributed by atoms with Gasteiger partial charge in [-0.2, -0.15) is 0 Å². The fourth-order valence-electron chi connectivity index (χ4n) is 1.56. The maximum absolute atomic E-state index is 12.3. The molecule has 2 aromatic rings. The Bertz CT molecular complexity index is 878. The highest BCUT2D eigenvalue weighted by Gasteiger charge is 2.19. The van der Waals surface area contributed by atoms with Crippen molar-refractivity contribution in [1.29, 1.82) is 0 Å². The van der Waals surface area contributed by atoms with Gasteiger partial charge in [0.05, 0.1) is 10.5 Å². The number of hydrogen-bond donors (Lipinski definition) is 0. The standard InChI is InChI=1S/C13H6I4O5S/c14-9-5-8(10(15)12(17)11(9)16)13(18)22-6-1-3-7(4-2-6)23(19,20)21/h1-5H,(H,19,20,21)/p-1. The molecule has 0 atom stereocenters. The lowest BCUT2D eigenvalue weighted by molar-refractivity contribution is 0.0733. The van der Waals surface area contributed by atoms with Crippen molar-refractivity contribution >= 4 is 106 Å². The Morgan fingerprint density at radius 2 is 1.52 bits per heavy atom. The van der Waals surface area contributed by atoms with E-state index in [2.05, 4.69) is 90.4 Å². The summed E-state index contributed by atoms with van der Waals surface area (Å²) in [5, 5.41) is 0. The summed E-state index contributed by atoms with van der Waals surface area (Å²) in [4.78, 5) is 11.9. The van der Waals surface area contributed by atoms with Crippen molar-refractivity contribution in [3.8, 4) is 5.75 Å². The van der Waals surface area contributed by atoms with Gasteiger partial charge in [0.15, 0.2) is 0 Å². The van der Waals surface area contributed by atoms with Crippen molar-refractivity contribution in [2.75, 3.05) is 0 Å². The molecule has 0 aliphatic rings. The van der Waals surface area contributed by atoms with Gasteiger partial charge in [-0.3, -0.25) is 0 Å². The quantitative estimate of drug-likeness (QED) is 0.116. The van der Waals surface area contributed by atoms with Gasteiger partial charge in [0.1, 0.15) is 15.9 Å². The molecule has 0 aliphatic carbocycles. The molecule has 2 rings (SSSR count). The van der Waals surface area contributed by atoms with Crippen LogP contribution in [0.2, 0.25) is 0 Å². The third kappa shape index (κ3) is 4.89. The van der Waals surface area contributed by atoms with E-state index in [4.69, 9.17) is 4.74 Å². The van der Waals surface area contributed by atoms with Gasteiger partial charge in [0.2, 0.25) is 0 Å². The molecule has 0 amide bonds. The van der Waals surface area contributed by atoms with Crippen molar-refractivity contribution in [2.45, 2.75) is 4.90 Å². The molecule has 0 N–H and O–H groups in total. The zero-order chi connectivity index (χ0) is 17.4. The minimum atomic E-state index is -4.52. The zero-order valence-corrected chi connectivity index (χ0v) is 20.3. The largest absolute Gasteiger partial charge is 0.744 e. The number of hydrogen-bond acceptors (Lipinski definition) is 5. The third-order valence-corrected chi connectivity index (χ3v) is 10.8. The van der Waals surface area contributed by atoms with Crippen molar-refractivity contribution < 1.29 is 22.5 Å². The Kier molecular flexibility index (Phi) is 6.94. The zero-order valence-electron chi connectivity index (χ0n) is 10.8. The van der Waals surface area contributed by atoms with E-state index in [1.54, 1.807) is 6.07 Å². The maximum Gasteiger partial charge on any atom is 0.344 e. The number of halogens is 4. The molecular weight excluding hydrogens is 776 g/mol. The monoisotopic (exact) mass is 781 g/mol. The lowest BCUT2D eigenvalue weighted by atomic mass is 10.2. The van der Waals surface area contributed by atoms with Crippen LogP contribution < -0.4 is 4.74 Å². The highest BCUT2D eigenvalue weighted by atomic mass is 127. The van der Waals surface area contributed by atoms with E-state index >= 15 is 0 Å². The number of rotatable bonds is 3. The Morgan fingerprint density at radius 3 is 2.04 bits per heavy atom. The summed E-state index contributed by atoms with van der Waals surface area (Å²) >= 11 is 8.61. The van der Waals surface area contributed by atoms with Crippen molar-refractivity contribution in [3.05, 3.63) is 50.2 Å². The minimum Gasteiger partial charge on any atom is -0.744 e. The Hall–Kier alpha value is 0.740. The van der Waals surface area contributed by atoms with Gasteiger partial charge in [-0.05, 0) is 121 Å². The first kappa shape index (κ1) is 20.1. The van der Waals surface area contributed by atoms with Crippen molar-refractivity contribution in [3.63, 3.8) is 0 Å². The minimum absolute atomic E-state index is 0.168. The molecule has 0 aromatic heterocycles. The summed E-state index contributed by atoms with van der Waals surface area (Å²) in [7, 11) is -4.52. The van der Waals surface area contributed by atoms with E-state index in [1.807, 2.05) is 0 Å². The predicted molar refractivity (Wildman–Crippen MR) is 117 cm³/mol. The maximum atomic E-state index is 12.3. The molecular formula is C13H5I4O5S-. The molecule has 0 radical (unpaired) electrons. The molecule has 0 heterocycles. The lowest BCUT2D eigenvalue weighted by Gasteiger charge is -2.11. The topological polar surface area (TPSA) is 83.5 Å². The first-order valence-corrected chi connectivity index (χ1v) is 11.4. The average molecular weight is 781 g/mol. The summed E-state index contributed by atoms with van der Waals surface area (Å²) in [6.07, 6.45) is 0. The molecule has 0 spiro atoms. The fraction of sp³-hybridized carbons (Fsp3) is 0. The van der Waals surface area contributed by atoms with Crippen LogP contribution in [0, 0.1) is 14.3 Å². The van der Waals surface area contributed by atoms with Gasteiger partial charge >= 0.3 is 5.97 Å². The van der Waals surface area contributed by atoms with Gasteiger partial charge in [-0.1, -0.05) is 0 Å². The SMILES string of the molecule is O=C(Oc1ccc(S(=O)(=O)[O-])cc1)c1cc(I)c(I)c(I)c1I. The molecule has 5 nitrogen and oxygen atoms in total.